The van der Waals surface area contributed by atoms with E-state index in [1.807, 2.05) is 6.92 Å². The second-order valence-electron chi connectivity index (χ2n) is 5.01. The summed E-state index contributed by atoms with van der Waals surface area (Å²) in [5, 5.41) is 0. The molecule has 0 aliphatic heterocycles. The van der Waals surface area contributed by atoms with E-state index in [4.69, 9.17) is 0 Å². The van der Waals surface area contributed by atoms with Gasteiger partial charge in [-0.25, -0.2) is 0 Å². The van der Waals surface area contributed by atoms with Crippen molar-refractivity contribution >= 4 is 0 Å². The highest BCUT2D eigenvalue weighted by molar-refractivity contribution is 5.42. The van der Waals surface area contributed by atoms with Gasteiger partial charge in [-0.15, -0.1) is 6.58 Å². The zero-order valence-corrected chi connectivity index (χ0v) is 12.1. The molecule has 0 heterocycles. The van der Waals surface area contributed by atoms with Crippen LogP contribution >= 0.6 is 0 Å². The molecular formula is C17H26. The van der Waals surface area contributed by atoms with E-state index in [1.165, 1.54) is 24.0 Å². The molecule has 0 radical (unpaired) electrons. The predicted molar refractivity (Wildman–Crippen MR) is 78.8 cm³/mol. The third-order valence-electron chi connectivity index (χ3n) is 2.86. The van der Waals surface area contributed by atoms with Gasteiger partial charge in [0.1, 0.15) is 0 Å². The molecule has 0 fully saturated rings. The summed E-state index contributed by atoms with van der Waals surface area (Å²) in [4.78, 5) is 0. The summed E-state index contributed by atoms with van der Waals surface area (Å²) in [6.07, 6.45) is 9.45. The fourth-order valence-electron chi connectivity index (χ4n) is 2.10. The average Bonchev–Trinajstić information content (AvgIpc) is 2.44. The summed E-state index contributed by atoms with van der Waals surface area (Å²) < 4.78 is 0. The lowest BCUT2D eigenvalue weighted by molar-refractivity contribution is 0.408. The van der Waals surface area contributed by atoms with E-state index in [9.17, 15) is 0 Å². The smallest absolute Gasteiger partial charge is 0.0278 e. The molecule has 94 valence electrons. The summed E-state index contributed by atoms with van der Waals surface area (Å²) >= 11 is 0. The predicted octanol–water partition coefficient (Wildman–Crippen LogP) is 5.28. The Labute approximate surface area is 108 Å². The van der Waals surface area contributed by atoms with Gasteiger partial charge in [0.05, 0.1) is 0 Å². The van der Waals surface area contributed by atoms with Gasteiger partial charge < -0.3 is 0 Å². The Balaban J connectivity index is 0.000000770. The topological polar surface area (TPSA) is 0 Å². The zero-order chi connectivity index (χ0) is 13.3. The van der Waals surface area contributed by atoms with Crippen molar-refractivity contribution in [2.45, 2.75) is 53.9 Å². The van der Waals surface area contributed by atoms with Crippen LogP contribution in [0.25, 0.3) is 0 Å². The van der Waals surface area contributed by atoms with Crippen LogP contribution in [0.2, 0.25) is 0 Å². The van der Waals surface area contributed by atoms with Crippen molar-refractivity contribution in [3.8, 4) is 11.8 Å². The molecule has 0 N–H and O–H groups in total. The molecule has 0 aromatic carbocycles. The number of hydrogen-bond acceptors (Lipinski definition) is 0. The monoisotopic (exact) mass is 230 g/mol. The summed E-state index contributed by atoms with van der Waals surface area (Å²) in [6.45, 7) is 14.3. The normalized spacial score (nSPS) is 14.2. The maximum absolute atomic E-state index is 3.36. The number of allylic oxidation sites excluding steroid dienone is 5. The molecule has 0 spiro atoms. The average molecular weight is 230 g/mol. The minimum Gasteiger partial charge on any atom is -0.103 e. The molecule has 17 heavy (non-hydrogen) atoms. The molecule has 0 nitrogen and oxygen atoms in total. The Morgan fingerprint density at radius 1 is 1.47 bits per heavy atom. The van der Waals surface area contributed by atoms with Crippen molar-refractivity contribution in [2.24, 2.45) is 5.41 Å². The molecule has 1 aliphatic carbocycles. The van der Waals surface area contributed by atoms with Crippen molar-refractivity contribution in [2.75, 3.05) is 0 Å². The molecule has 0 aromatic rings. The van der Waals surface area contributed by atoms with Gasteiger partial charge in [0.2, 0.25) is 0 Å². The summed E-state index contributed by atoms with van der Waals surface area (Å²) in [5.74, 6) is 6.25. The van der Waals surface area contributed by atoms with Gasteiger partial charge in [-0.1, -0.05) is 51.2 Å². The van der Waals surface area contributed by atoms with Gasteiger partial charge >= 0.3 is 0 Å². The van der Waals surface area contributed by atoms with Crippen LogP contribution in [0.1, 0.15) is 53.9 Å². The van der Waals surface area contributed by atoms with Gasteiger partial charge in [-0.05, 0) is 42.9 Å². The Bertz CT molecular complexity index is 353. The maximum atomic E-state index is 3.36. The van der Waals surface area contributed by atoms with Gasteiger partial charge in [0, 0.05) is 6.42 Å². The second-order valence-corrected chi connectivity index (χ2v) is 5.01. The first-order valence-electron chi connectivity index (χ1n) is 6.42. The van der Waals surface area contributed by atoms with Gasteiger partial charge in [-0.3, -0.25) is 0 Å². The van der Waals surface area contributed by atoms with Crippen LogP contribution in [0.15, 0.2) is 36.0 Å². The lowest BCUT2D eigenvalue weighted by Crippen LogP contribution is -2.15. The van der Waals surface area contributed by atoms with Crippen LogP contribution in [0, 0.1) is 17.3 Å². The largest absolute Gasteiger partial charge is 0.103 e. The fourth-order valence-corrected chi connectivity index (χ4v) is 2.10. The van der Waals surface area contributed by atoms with Crippen LogP contribution in [0.5, 0.6) is 0 Å². The molecule has 1 rings (SSSR count). The molecule has 0 amide bonds. The lowest BCUT2D eigenvalue weighted by Gasteiger charge is -2.28. The van der Waals surface area contributed by atoms with Crippen molar-refractivity contribution in [1.29, 1.82) is 0 Å². The maximum Gasteiger partial charge on any atom is 0.0278 e. The molecule has 0 aromatic heterocycles. The molecule has 0 unspecified atom stereocenters. The van der Waals surface area contributed by atoms with Crippen LogP contribution in [0.3, 0.4) is 0 Å². The first kappa shape index (κ1) is 15.8. The Morgan fingerprint density at radius 2 is 2.06 bits per heavy atom. The quantitative estimate of drug-likeness (QED) is 0.457. The summed E-state index contributed by atoms with van der Waals surface area (Å²) in [5.41, 5.74) is 3.08. The molecular weight excluding hydrogens is 204 g/mol. The van der Waals surface area contributed by atoms with Crippen LogP contribution in [-0.4, -0.2) is 0 Å². The van der Waals surface area contributed by atoms with Gasteiger partial charge in [-0.2, -0.15) is 0 Å². The van der Waals surface area contributed by atoms with Gasteiger partial charge in [0.15, 0.2) is 0 Å². The Morgan fingerprint density at radius 3 is 2.59 bits per heavy atom. The molecule has 1 aliphatic rings. The standard InChI is InChI=1S/C14H20.C3H6/c1-5-11-14(3,4)13-10-8-6-7-9-12(13)2;1-3-2/h9-10H,5,7,11H2,1-4H3;3H,1H2,2H3. The van der Waals surface area contributed by atoms with Crippen molar-refractivity contribution in [3.05, 3.63) is 36.0 Å². The van der Waals surface area contributed by atoms with E-state index in [-0.39, 0.29) is 5.41 Å². The fraction of sp³-hybridized carbons (Fsp3) is 0.529. The van der Waals surface area contributed by atoms with E-state index >= 15 is 0 Å². The minimum absolute atomic E-state index is 0.272. The van der Waals surface area contributed by atoms with Crippen molar-refractivity contribution in [3.63, 3.8) is 0 Å². The van der Waals surface area contributed by atoms with Crippen LogP contribution < -0.4 is 0 Å². The van der Waals surface area contributed by atoms with E-state index in [1.54, 1.807) is 6.08 Å². The summed E-state index contributed by atoms with van der Waals surface area (Å²) in [6, 6.07) is 0. The molecule has 0 saturated carbocycles. The first-order chi connectivity index (χ1) is 7.99. The third-order valence-corrected chi connectivity index (χ3v) is 2.86. The Kier molecular flexibility index (Phi) is 7.39. The zero-order valence-electron chi connectivity index (χ0n) is 12.1. The van der Waals surface area contributed by atoms with Crippen molar-refractivity contribution in [1.82, 2.24) is 0 Å². The molecule has 0 heteroatoms. The number of rotatable bonds is 3. The molecule has 0 bridgehead atoms. The highest BCUT2D eigenvalue weighted by atomic mass is 14.3. The highest BCUT2D eigenvalue weighted by Crippen LogP contribution is 2.36. The number of hydrogen-bond donors (Lipinski definition) is 0. The van der Waals surface area contributed by atoms with E-state index < -0.39 is 0 Å². The minimum atomic E-state index is 0.272. The van der Waals surface area contributed by atoms with Gasteiger partial charge in [0.25, 0.3) is 0 Å². The molecule has 0 atom stereocenters. The second kappa shape index (κ2) is 7.96. The van der Waals surface area contributed by atoms with Crippen LogP contribution in [-0.2, 0) is 0 Å². The summed E-state index contributed by atoms with van der Waals surface area (Å²) in [7, 11) is 0. The Hall–Kier alpha value is -1.22. The first-order valence-corrected chi connectivity index (χ1v) is 6.42. The SMILES string of the molecule is C=CC.CCCC(C)(C)C1=CC#CCC=C1C. The highest BCUT2D eigenvalue weighted by Gasteiger charge is 2.23. The van der Waals surface area contributed by atoms with Crippen molar-refractivity contribution < 1.29 is 0 Å². The van der Waals surface area contributed by atoms with E-state index in [0.29, 0.717) is 0 Å². The lowest BCUT2D eigenvalue weighted by atomic mass is 9.77. The van der Waals surface area contributed by atoms with E-state index in [0.717, 1.165) is 6.42 Å². The van der Waals surface area contributed by atoms with E-state index in [2.05, 4.69) is 58.3 Å². The van der Waals surface area contributed by atoms with Crippen LogP contribution in [0.4, 0.5) is 0 Å². The third kappa shape index (κ3) is 5.59. The molecule has 0 saturated heterocycles.